The minimum atomic E-state index is 0.0285. The molecule has 3 rings (SSSR count). The summed E-state index contributed by atoms with van der Waals surface area (Å²) in [4.78, 5) is 0. The number of aryl methyl sites for hydroxylation is 1. The van der Waals surface area contributed by atoms with Crippen LogP contribution in [0.3, 0.4) is 0 Å². The molecule has 25 heavy (non-hydrogen) atoms. The van der Waals surface area contributed by atoms with Crippen molar-refractivity contribution in [2.45, 2.75) is 57.2 Å². The van der Waals surface area contributed by atoms with E-state index in [2.05, 4.69) is 36.4 Å². The van der Waals surface area contributed by atoms with Gasteiger partial charge in [-0.25, -0.2) is 0 Å². The monoisotopic (exact) mass is 356 g/mol. The van der Waals surface area contributed by atoms with Crippen LogP contribution in [-0.4, -0.2) is 12.0 Å². The number of halogens is 1. The third kappa shape index (κ3) is 5.78. The van der Waals surface area contributed by atoms with Gasteiger partial charge in [0.15, 0.2) is 0 Å². The van der Waals surface area contributed by atoms with Crippen LogP contribution in [0.25, 0.3) is 11.1 Å². The van der Waals surface area contributed by atoms with E-state index in [0.29, 0.717) is 6.61 Å². The molecule has 134 valence electrons. The van der Waals surface area contributed by atoms with Gasteiger partial charge in [-0.2, -0.15) is 0 Å². The molecule has 0 amide bonds. The number of ether oxygens (including phenoxy) is 1. The smallest absolute Gasteiger partial charge is 0.119 e. The lowest BCUT2D eigenvalue weighted by Crippen LogP contribution is -2.07. The fourth-order valence-electron chi connectivity index (χ4n) is 3.67. The summed E-state index contributed by atoms with van der Waals surface area (Å²) in [7, 11) is 0. The predicted molar refractivity (Wildman–Crippen MR) is 108 cm³/mol. The highest BCUT2D eigenvalue weighted by atomic mass is 35.5. The van der Waals surface area contributed by atoms with Crippen LogP contribution in [0.1, 0.15) is 51.0 Å². The molecule has 1 aliphatic rings. The molecule has 2 aromatic carbocycles. The average molecular weight is 357 g/mol. The number of alkyl halides is 1. The molecule has 2 heteroatoms. The van der Waals surface area contributed by atoms with E-state index in [9.17, 15) is 0 Å². The molecule has 0 aliphatic heterocycles. The number of rotatable bonds is 7. The fourth-order valence-corrected chi connectivity index (χ4v) is 3.73. The first-order valence-electron chi connectivity index (χ1n) is 9.67. The maximum atomic E-state index is 5.92. The normalized spacial score (nSPS) is 16.6. The molecule has 1 fully saturated rings. The van der Waals surface area contributed by atoms with Crippen LogP contribution in [0.4, 0.5) is 0 Å². The van der Waals surface area contributed by atoms with Crippen LogP contribution in [-0.2, 0) is 6.42 Å². The van der Waals surface area contributed by atoms with Gasteiger partial charge in [0.05, 0.1) is 5.38 Å². The molecule has 1 aliphatic carbocycles. The minimum Gasteiger partial charge on any atom is -0.492 e. The van der Waals surface area contributed by atoms with E-state index in [-0.39, 0.29) is 5.38 Å². The van der Waals surface area contributed by atoms with Crippen molar-refractivity contribution in [3.63, 3.8) is 0 Å². The van der Waals surface area contributed by atoms with Crippen molar-refractivity contribution in [2.75, 3.05) is 6.61 Å². The number of hydrogen-bond acceptors (Lipinski definition) is 1. The van der Waals surface area contributed by atoms with E-state index in [1.165, 1.54) is 61.6 Å². The molecular formula is C23H29ClO. The van der Waals surface area contributed by atoms with Crippen molar-refractivity contribution in [1.29, 1.82) is 0 Å². The summed E-state index contributed by atoms with van der Waals surface area (Å²) in [6.07, 6.45) is 9.77. The second kappa shape index (κ2) is 9.29. The van der Waals surface area contributed by atoms with Gasteiger partial charge in [0.25, 0.3) is 0 Å². The van der Waals surface area contributed by atoms with Gasteiger partial charge in [-0.1, -0.05) is 68.5 Å². The van der Waals surface area contributed by atoms with Crippen LogP contribution >= 0.6 is 11.6 Å². The van der Waals surface area contributed by atoms with Gasteiger partial charge in [-0.15, -0.1) is 11.6 Å². The van der Waals surface area contributed by atoms with Gasteiger partial charge in [0, 0.05) is 0 Å². The second-order valence-corrected chi connectivity index (χ2v) is 8.10. The molecule has 0 bridgehead atoms. The first kappa shape index (κ1) is 18.3. The van der Waals surface area contributed by atoms with Crippen LogP contribution < -0.4 is 4.74 Å². The van der Waals surface area contributed by atoms with E-state index >= 15 is 0 Å². The summed E-state index contributed by atoms with van der Waals surface area (Å²) in [6, 6.07) is 17.3. The third-order valence-corrected chi connectivity index (χ3v) is 5.31. The van der Waals surface area contributed by atoms with Crippen molar-refractivity contribution in [3.8, 4) is 16.9 Å². The Kier molecular flexibility index (Phi) is 6.81. The highest BCUT2D eigenvalue weighted by Crippen LogP contribution is 2.28. The fraction of sp³-hybridized carbons (Fsp3) is 0.478. The SMILES string of the molecule is C[C@@H](Cl)COc1ccc(-c2ccc(CCC3CCCCC3)cc2)cc1. The van der Waals surface area contributed by atoms with Gasteiger partial charge in [-0.05, 0) is 54.5 Å². The van der Waals surface area contributed by atoms with Crippen molar-refractivity contribution in [3.05, 3.63) is 54.1 Å². The molecule has 0 spiro atoms. The number of hydrogen-bond donors (Lipinski definition) is 0. The third-order valence-electron chi connectivity index (χ3n) is 5.19. The van der Waals surface area contributed by atoms with Crippen LogP contribution in [0.2, 0.25) is 0 Å². The summed E-state index contributed by atoms with van der Waals surface area (Å²) in [5, 5.41) is 0.0285. The zero-order valence-corrected chi connectivity index (χ0v) is 16.0. The van der Waals surface area contributed by atoms with Crippen molar-refractivity contribution in [1.82, 2.24) is 0 Å². The molecule has 0 heterocycles. The van der Waals surface area contributed by atoms with Crippen molar-refractivity contribution >= 4 is 11.6 Å². The summed E-state index contributed by atoms with van der Waals surface area (Å²) in [5.41, 5.74) is 3.95. The van der Waals surface area contributed by atoms with Gasteiger partial charge >= 0.3 is 0 Å². The van der Waals surface area contributed by atoms with Gasteiger partial charge in [0.2, 0.25) is 0 Å². The molecule has 0 saturated heterocycles. The maximum absolute atomic E-state index is 5.92. The second-order valence-electron chi connectivity index (χ2n) is 7.36. The van der Waals surface area contributed by atoms with Crippen molar-refractivity contribution in [2.24, 2.45) is 5.92 Å². The Bertz CT molecular complexity index is 624. The van der Waals surface area contributed by atoms with Gasteiger partial charge < -0.3 is 4.74 Å². The molecule has 2 aromatic rings. The Labute approximate surface area is 157 Å². The maximum Gasteiger partial charge on any atom is 0.119 e. The highest BCUT2D eigenvalue weighted by molar-refractivity contribution is 6.20. The largest absolute Gasteiger partial charge is 0.492 e. The van der Waals surface area contributed by atoms with E-state index in [4.69, 9.17) is 16.3 Å². The van der Waals surface area contributed by atoms with E-state index in [0.717, 1.165) is 11.7 Å². The Morgan fingerprint density at radius 2 is 1.52 bits per heavy atom. The lowest BCUT2D eigenvalue weighted by molar-refractivity contribution is 0.320. The molecule has 1 atom stereocenters. The molecule has 1 nitrogen and oxygen atoms in total. The lowest BCUT2D eigenvalue weighted by atomic mass is 9.85. The zero-order chi connectivity index (χ0) is 17.5. The zero-order valence-electron chi connectivity index (χ0n) is 15.2. The summed E-state index contributed by atoms with van der Waals surface area (Å²) in [6.45, 7) is 2.47. The Morgan fingerprint density at radius 3 is 2.12 bits per heavy atom. The minimum absolute atomic E-state index is 0.0285. The molecule has 1 saturated carbocycles. The summed E-state index contributed by atoms with van der Waals surface area (Å²) < 4.78 is 5.63. The van der Waals surface area contributed by atoms with Crippen LogP contribution in [0.5, 0.6) is 5.75 Å². The average Bonchev–Trinajstić information content (AvgIpc) is 2.66. The van der Waals surface area contributed by atoms with Gasteiger partial charge in [-0.3, -0.25) is 0 Å². The predicted octanol–water partition coefficient (Wildman–Crippen LogP) is 6.87. The topological polar surface area (TPSA) is 9.23 Å². The van der Waals surface area contributed by atoms with E-state index in [1.54, 1.807) is 0 Å². The Morgan fingerprint density at radius 1 is 0.920 bits per heavy atom. The molecule has 0 aromatic heterocycles. The van der Waals surface area contributed by atoms with Crippen LogP contribution in [0.15, 0.2) is 48.5 Å². The Balaban J connectivity index is 1.54. The molecule has 0 N–H and O–H groups in total. The summed E-state index contributed by atoms with van der Waals surface area (Å²) in [5.74, 6) is 1.83. The first-order valence-corrected chi connectivity index (χ1v) is 10.1. The van der Waals surface area contributed by atoms with E-state index < -0.39 is 0 Å². The summed E-state index contributed by atoms with van der Waals surface area (Å²) >= 11 is 5.92. The van der Waals surface area contributed by atoms with E-state index in [1.807, 2.05) is 19.1 Å². The van der Waals surface area contributed by atoms with Crippen LogP contribution in [0, 0.1) is 5.92 Å². The lowest BCUT2D eigenvalue weighted by Gasteiger charge is -2.21. The van der Waals surface area contributed by atoms with Gasteiger partial charge in [0.1, 0.15) is 12.4 Å². The first-order chi connectivity index (χ1) is 12.2. The standard InChI is InChI=1S/C23H29ClO/c1-18(24)17-25-23-15-13-22(14-16-23)21-11-9-20(10-12-21)8-7-19-5-3-2-4-6-19/h9-16,18-19H,2-8,17H2,1H3/t18-/m1/s1. The molecule has 0 radical (unpaired) electrons. The highest BCUT2D eigenvalue weighted by Gasteiger charge is 2.13. The molecule has 0 unspecified atom stereocenters. The molecular weight excluding hydrogens is 328 g/mol. The Hall–Kier alpha value is -1.47. The van der Waals surface area contributed by atoms with Crippen molar-refractivity contribution < 1.29 is 4.74 Å². The quantitative estimate of drug-likeness (QED) is 0.491. The number of benzene rings is 2.